The standard InChI is InChI=1S/C13H15ClN4O/c14-11-5-10(12(15)19)13(17-16-11)18-6-8-3-1-2-4-9(8)7-18/h1-2,5,8-9H,3-4,6-7H2,(H2,15,19). The number of primary amides is 1. The molecule has 2 heterocycles. The van der Waals surface area contributed by atoms with Crippen LogP contribution in [0.1, 0.15) is 23.2 Å². The van der Waals surface area contributed by atoms with E-state index < -0.39 is 5.91 Å². The van der Waals surface area contributed by atoms with Gasteiger partial charge in [-0.25, -0.2) is 0 Å². The van der Waals surface area contributed by atoms with E-state index in [9.17, 15) is 4.79 Å². The smallest absolute Gasteiger partial charge is 0.252 e. The molecule has 1 saturated heterocycles. The molecule has 5 nitrogen and oxygen atoms in total. The minimum absolute atomic E-state index is 0.191. The first-order valence-electron chi connectivity index (χ1n) is 6.38. The Morgan fingerprint density at radius 2 is 1.89 bits per heavy atom. The molecule has 2 N–H and O–H groups in total. The van der Waals surface area contributed by atoms with Gasteiger partial charge in [0.2, 0.25) is 0 Å². The van der Waals surface area contributed by atoms with Gasteiger partial charge in [-0.2, -0.15) is 0 Å². The monoisotopic (exact) mass is 278 g/mol. The lowest BCUT2D eigenvalue weighted by Crippen LogP contribution is -2.26. The second-order valence-corrected chi connectivity index (χ2v) is 5.52. The molecule has 1 aliphatic carbocycles. The lowest BCUT2D eigenvalue weighted by Gasteiger charge is -2.18. The Balaban J connectivity index is 1.89. The average molecular weight is 279 g/mol. The molecule has 6 heteroatoms. The summed E-state index contributed by atoms with van der Waals surface area (Å²) in [4.78, 5) is 13.6. The molecule has 0 aromatic carbocycles. The van der Waals surface area contributed by atoms with Crippen molar-refractivity contribution in [3.05, 3.63) is 28.9 Å². The quantitative estimate of drug-likeness (QED) is 0.835. The van der Waals surface area contributed by atoms with Crippen LogP contribution < -0.4 is 10.6 Å². The fraction of sp³-hybridized carbons (Fsp3) is 0.462. The average Bonchev–Trinajstić information content (AvgIpc) is 2.82. The zero-order valence-corrected chi connectivity index (χ0v) is 11.2. The van der Waals surface area contributed by atoms with E-state index in [-0.39, 0.29) is 5.15 Å². The Morgan fingerprint density at radius 3 is 2.47 bits per heavy atom. The molecule has 3 rings (SSSR count). The van der Waals surface area contributed by atoms with Crippen molar-refractivity contribution in [2.45, 2.75) is 12.8 Å². The third kappa shape index (κ3) is 2.30. The molecule has 0 bridgehead atoms. The summed E-state index contributed by atoms with van der Waals surface area (Å²) < 4.78 is 0. The molecule has 0 saturated carbocycles. The lowest BCUT2D eigenvalue weighted by molar-refractivity contribution is 0.100. The van der Waals surface area contributed by atoms with Crippen molar-refractivity contribution in [3.63, 3.8) is 0 Å². The molecule has 2 aliphatic rings. The van der Waals surface area contributed by atoms with Crippen molar-refractivity contribution in [1.82, 2.24) is 10.2 Å². The van der Waals surface area contributed by atoms with Crippen LogP contribution in [-0.2, 0) is 0 Å². The number of nitrogens with two attached hydrogens (primary N) is 1. The zero-order valence-electron chi connectivity index (χ0n) is 10.4. The third-order valence-corrected chi connectivity index (χ3v) is 4.12. The molecule has 1 aromatic heterocycles. The number of nitrogens with zero attached hydrogens (tertiary/aromatic N) is 3. The number of allylic oxidation sites excluding steroid dienone is 2. The summed E-state index contributed by atoms with van der Waals surface area (Å²) in [5.41, 5.74) is 5.75. The molecule has 2 unspecified atom stereocenters. The highest BCUT2D eigenvalue weighted by Crippen LogP contribution is 2.35. The highest BCUT2D eigenvalue weighted by Gasteiger charge is 2.34. The molecule has 2 atom stereocenters. The van der Waals surface area contributed by atoms with E-state index in [1.807, 2.05) is 0 Å². The van der Waals surface area contributed by atoms with E-state index in [2.05, 4.69) is 27.2 Å². The molecule has 0 spiro atoms. The Bertz CT molecular complexity index is 529. The molecule has 1 fully saturated rings. The highest BCUT2D eigenvalue weighted by molar-refractivity contribution is 6.29. The van der Waals surface area contributed by atoms with Crippen LogP contribution >= 0.6 is 11.6 Å². The predicted molar refractivity (Wildman–Crippen MR) is 73.1 cm³/mol. The van der Waals surface area contributed by atoms with Gasteiger partial charge >= 0.3 is 0 Å². The van der Waals surface area contributed by atoms with E-state index >= 15 is 0 Å². The van der Waals surface area contributed by atoms with Crippen molar-refractivity contribution in [1.29, 1.82) is 0 Å². The largest absolute Gasteiger partial charge is 0.365 e. The van der Waals surface area contributed by atoms with E-state index in [1.165, 1.54) is 6.07 Å². The maximum atomic E-state index is 11.5. The number of hydrogen-bond donors (Lipinski definition) is 1. The second kappa shape index (κ2) is 4.81. The van der Waals surface area contributed by atoms with Crippen LogP contribution in [0.3, 0.4) is 0 Å². The molecule has 0 radical (unpaired) electrons. The number of fused-ring (bicyclic) bond motifs is 1. The van der Waals surface area contributed by atoms with Crippen molar-refractivity contribution in [2.75, 3.05) is 18.0 Å². The fourth-order valence-electron chi connectivity index (χ4n) is 2.96. The van der Waals surface area contributed by atoms with E-state index in [0.29, 0.717) is 23.2 Å². The van der Waals surface area contributed by atoms with Crippen molar-refractivity contribution >= 4 is 23.3 Å². The number of hydrogen-bond acceptors (Lipinski definition) is 4. The summed E-state index contributed by atoms with van der Waals surface area (Å²) in [7, 11) is 0. The third-order valence-electron chi connectivity index (χ3n) is 3.93. The summed E-state index contributed by atoms with van der Waals surface area (Å²) in [5, 5.41) is 8.09. The van der Waals surface area contributed by atoms with Crippen molar-refractivity contribution < 1.29 is 4.79 Å². The number of anilines is 1. The van der Waals surface area contributed by atoms with Crippen LogP contribution in [0.25, 0.3) is 0 Å². The van der Waals surface area contributed by atoms with Gasteiger partial charge in [0.05, 0.1) is 5.56 Å². The van der Waals surface area contributed by atoms with Crippen molar-refractivity contribution in [3.8, 4) is 0 Å². The van der Waals surface area contributed by atoms with Crippen LogP contribution in [0, 0.1) is 11.8 Å². The Hall–Kier alpha value is -1.62. The molecular weight excluding hydrogens is 264 g/mol. The summed E-state index contributed by atoms with van der Waals surface area (Å²) in [5.74, 6) is 1.30. The molecule has 100 valence electrons. The Morgan fingerprint density at radius 1 is 1.26 bits per heavy atom. The normalized spacial score (nSPS) is 25.4. The van der Waals surface area contributed by atoms with Crippen LogP contribution in [0.4, 0.5) is 5.82 Å². The van der Waals surface area contributed by atoms with Gasteiger partial charge < -0.3 is 10.6 Å². The van der Waals surface area contributed by atoms with Gasteiger partial charge in [-0.1, -0.05) is 23.8 Å². The minimum Gasteiger partial charge on any atom is -0.365 e. The van der Waals surface area contributed by atoms with Gasteiger partial charge in [0.15, 0.2) is 11.0 Å². The maximum Gasteiger partial charge on any atom is 0.252 e. The lowest BCUT2D eigenvalue weighted by atomic mass is 9.86. The van der Waals surface area contributed by atoms with Crippen molar-refractivity contribution in [2.24, 2.45) is 17.6 Å². The van der Waals surface area contributed by atoms with Crippen LogP contribution in [0.5, 0.6) is 0 Å². The van der Waals surface area contributed by atoms with Gasteiger partial charge in [0, 0.05) is 13.1 Å². The Labute approximate surface area is 116 Å². The number of rotatable bonds is 2. The fourth-order valence-corrected chi connectivity index (χ4v) is 3.11. The summed E-state index contributed by atoms with van der Waals surface area (Å²) in [6.45, 7) is 1.79. The summed E-state index contributed by atoms with van der Waals surface area (Å²) >= 11 is 5.78. The van der Waals surface area contributed by atoms with Gasteiger partial charge in [-0.3, -0.25) is 4.79 Å². The zero-order chi connectivity index (χ0) is 13.4. The molecular formula is C13H15ClN4O. The minimum atomic E-state index is -0.514. The number of amides is 1. The van der Waals surface area contributed by atoms with Crippen LogP contribution in [-0.4, -0.2) is 29.2 Å². The van der Waals surface area contributed by atoms with Crippen LogP contribution in [0.2, 0.25) is 5.15 Å². The van der Waals surface area contributed by atoms with E-state index in [1.54, 1.807) is 0 Å². The second-order valence-electron chi connectivity index (χ2n) is 5.14. The molecule has 19 heavy (non-hydrogen) atoms. The molecule has 1 aliphatic heterocycles. The number of halogens is 1. The van der Waals surface area contributed by atoms with Gasteiger partial charge in [-0.15, -0.1) is 10.2 Å². The van der Waals surface area contributed by atoms with Gasteiger partial charge in [0.1, 0.15) is 0 Å². The summed E-state index contributed by atoms with van der Waals surface area (Å²) in [6.07, 6.45) is 6.64. The summed E-state index contributed by atoms with van der Waals surface area (Å²) in [6, 6.07) is 1.49. The maximum absolute atomic E-state index is 11.5. The Kier molecular flexibility index (Phi) is 3.14. The number of carbonyl (C=O) groups is 1. The van der Waals surface area contributed by atoms with E-state index in [0.717, 1.165) is 25.9 Å². The highest BCUT2D eigenvalue weighted by atomic mass is 35.5. The van der Waals surface area contributed by atoms with Gasteiger partial charge in [0.25, 0.3) is 5.91 Å². The number of aromatic nitrogens is 2. The topological polar surface area (TPSA) is 72.1 Å². The molecule has 1 aromatic rings. The van der Waals surface area contributed by atoms with E-state index in [4.69, 9.17) is 17.3 Å². The first-order valence-corrected chi connectivity index (χ1v) is 6.76. The predicted octanol–water partition coefficient (Wildman–Crippen LogP) is 1.63. The number of carbonyl (C=O) groups excluding carboxylic acids is 1. The molecule has 1 amide bonds. The van der Waals surface area contributed by atoms with Gasteiger partial charge in [-0.05, 0) is 30.7 Å². The SMILES string of the molecule is NC(=O)c1cc(Cl)nnc1N1CC2CC=CCC2C1. The first-order chi connectivity index (χ1) is 9.15. The van der Waals surface area contributed by atoms with Crippen LogP contribution in [0.15, 0.2) is 18.2 Å². The first kappa shape index (κ1) is 12.4.